The van der Waals surface area contributed by atoms with Gasteiger partial charge in [-0.25, -0.2) is 0 Å². The lowest BCUT2D eigenvalue weighted by atomic mass is 9.33. The van der Waals surface area contributed by atoms with Gasteiger partial charge in [-0.2, -0.15) is 0 Å². The van der Waals surface area contributed by atoms with Gasteiger partial charge in [-0.1, -0.05) is 90.4 Å². The van der Waals surface area contributed by atoms with Crippen LogP contribution in [0.1, 0.15) is 118 Å². The summed E-state index contributed by atoms with van der Waals surface area (Å²) in [4.78, 5) is 13.7. The van der Waals surface area contributed by atoms with Gasteiger partial charge in [0.15, 0.2) is 11.9 Å². The number of rotatable bonds is 4. The Hall–Kier alpha value is -1.81. The Kier molecular flexibility index (Phi) is 8.82. The van der Waals surface area contributed by atoms with Crippen molar-refractivity contribution in [2.75, 3.05) is 13.7 Å². The van der Waals surface area contributed by atoms with E-state index >= 15 is 0 Å². The van der Waals surface area contributed by atoms with E-state index in [0.29, 0.717) is 23.7 Å². The molecule has 1 unspecified atom stereocenters. The van der Waals surface area contributed by atoms with Gasteiger partial charge in [0.05, 0.1) is 25.2 Å². The van der Waals surface area contributed by atoms with Gasteiger partial charge in [0, 0.05) is 0 Å². The van der Waals surface area contributed by atoms with Gasteiger partial charge in [0.2, 0.25) is 0 Å². The number of esters is 1. The summed E-state index contributed by atoms with van der Waals surface area (Å²) in [7, 11) is 1.58. The van der Waals surface area contributed by atoms with E-state index in [1.807, 2.05) is 30.3 Å². The summed E-state index contributed by atoms with van der Waals surface area (Å²) in [6, 6.07) is 9.33. The SMILES string of the molecule is COC(=O)[C@]12CC[C@@H](C)[C@H](C)[C@H]1C1=CC[C@@H]3[C@@]4(C)CC[C@H](O[C@@H]5O[C@@H]6COC(c7ccccc7)[C@]6(O)[C@H](O)[C@H]5O)C(C)(C)[C@@H]4CC[C@@]3(C)[C@]1(C)CC2. The molecule has 0 bridgehead atoms. The topological polar surface area (TPSA) is 115 Å². The first-order valence-corrected chi connectivity index (χ1v) is 20.4. The molecule has 6 fully saturated rings. The highest BCUT2D eigenvalue weighted by molar-refractivity contribution is 5.78. The van der Waals surface area contributed by atoms with Crippen molar-refractivity contribution in [3.8, 4) is 0 Å². The second-order valence-corrected chi connectivity index (χ2v) is 19.7. The molecule has 1 aromatic rings. The summed E-state index contributed by atoms with van der Waals surface area (Å²) in [6.45, 7) is 17.2. The Morgan fingerprint density at radius 2 is 1.63 bits per heavy atom. The molecule has 8 rings (SSSR count). The molecule has 8 nitrogen and oxygen atoms in total. The van der Waals surface area contributed by atoms with Gasteiger partial charge in [-0.15, -0.1) is 0 Å². The van der Waals surface area contributed by atoms with Gasteiger partial charge < -0.3 is 34.3 Å². The first-order valence-electron chi connectivity index (χ1n) is 20.4. The molecule has 52 heavy (non-hydrogen) atoms. The Morgan fingerprint density at radius 3 is 2.35 bits per heavy atom. The molecule has 16 atom stereocenters. The first-order chi connectivity index (χ1) is 24.5. The molecular formula is C44H64O8. The largest absolute Gasteiger partial charge is 0.469 e. The highest BCUT2D eigenvalue weighted by Crippen LogP contribution is 2.76. The molecule has 4 saturated carbocycles. The van der Waals surface area contributed by atoms with E-state index in [9.17, 15) is 20.1 Å². The molecule has 2 saturated heterocycles. The third kappa shape index (κ3) is 4.76. The van der Waals surface area contributed by atoms with Crippen LogP contribution in [0.2, 0.25) is 0 Å². The lowest BCUT2D eigenvalue weighted by Crippen LogP contribution is -2.68. The number of hydrogen-bond donors (Lipinski definition) is 3. The summed E-state index contributed by atoms with van der Waals surface area (Å²) >= 11 is 0. The van der Waals surface area contributed by atoms with Crippen molar-refractivity contribution in [2.45, 2.75) is 149 Å². The quantitative estimate of drug-likeness (QED) is 0.171. The minimum Gasteiger partial charge on any atom is -0.469 e. The van der Waals surface area contributed by atoms with Crippen LogP contribution in [0.4, 0.5) is 0 Å². The van der Waals surface area contributed by atoms with E-state index in [1.165, 1.54) is 0 Å². The first kappa shape index (κ1) is 37.1. The lowest BCUT2D eigenvalue weighted by Gasteiger charge is -2.71. The molecular weight excluding hydrogens is 656 g/mol. The number of hydrogen-bond acceptors (Lipinski definition) is 8. The van der Waals surface area contributed by atoms with Gasteiger partial charge in [-0.3, -0.25) is 4.79 Å². The number of allylic oxidation sites excluding steroid dienone is 2. The van der Waals surface area contributed by atoms with Gasteiger partial charge in [0.25, 0.3) is 0 Å². The maximum atomic E-state index is 13.7. The van der Waals surface area contributed by atoms with Crippen LogP contribution >= 0.6 is 0 Å². The van der Waals surface area contributed by atoms with E-state index in [0.717, 1.165) is 63.4 Å². The second-order valence-electron chi connectivity index (χ2n) is 19.7. The average molecular weight is 721 g/mol. The molecule has 2 aliphatic heterocycles. The van der Waals surface area contributed by atoms with Crippen LogP contribution in [0.15, 0.2) is 42.0 Å². The molecule has 2 heterocycles. The molecule has 8 heteroatoms. The Bertz CT molecular complexity index is 1580. The van der Waals surface area contributed by atoms with E-state index in [-0.39, 0.29) is 46.3 Å². The third-order valence-electron chi connectivity index (χ3n) is 17.6. The smallest absolute Gasteiger partial charge is 0.312 e. The van der Waals surface area contributed by atoms with Crippen molar-refractivity contribution in [2.24, 2.45) is 56.7 Å². The zero-order valence-corrected chi connectivity index (χ0v) is 32.8. The van der Waals surface area contributed by atoms with Crippen LogP contribution in [0.5, 0.6) is 0 Å². The average Bonchev–Trinajstić information content (AvgIpc) is 3.46. The number of carbonyl (C=O) groups is 1. The fourth-order valence-electron chi connectivity index (χ4n) is 14.3. The number of aliphatic hydroxyl groups is 3. The fourth-order valence-corrected chi connectivity index (χ4v) is 14.3. The van der Waals surface area contributed by atoms with Crippen molar-refractivity contribution in [3.05, 3.63) is 47.5 Å². The third-order valence-corrected chi connectivity index (χ3v) is 17.6. The lowest BCUT2D eigenvalue weighted by molar-refractivity contribution is -0.344. The minimum atomic E-state index is -1.79. The standard InChI is InChI=1S/C44H64O8/c1-25-16-21-43(38(47)49-8)23-22-41(6)28(33(43)26(25)2)14-15-30-40(5)19-18-31(39(3,4)29(40)17-20-42(30,41)7)51-37-34(45)35(46)44(48)32(52-37)24-50-36(44)27-12-10-9-11-13-27/h9-14,25-26,29-37,45-46,48H,15-24H2,1-8H3/t25-,26+,29+,30-,31+,32-,33+,34-,35-,36?,37-,40+,41-,42-,43+,44-/m1/s1. The maximum absolute atomic E-state index is 13.7. The zero-order valence-electron chi connectivity index (χ0n) is 32.8. The number of benzene rings is 1. The maximum Gasteiger partial charge on any atom is 0.312 e. The van der Waals surface area contributed by atoms with Crippen molar-refractivity contribution < 1.29 is 39.1 Å². The van der Waals surface area contributed by atoms with E-state index in [1.54, 1.807) is 12.7 Å². The molecule has 0 radical (unpaired) electrons. The van der Waals surface area contributed by atoms with Crippen LogP contribution in [0.3, 0.4) is 0 Å². The van der Waals surface area contributed by atoms with Crippen LogP contribution in [-0.2, 0) is 23.7 Å². The predicted molar refractivity (Wildman–Crippen MR) is 197 cm³/mol. The second kappa shape index (κ2) is 12.3. The Balaban J connectivity index is 1.04. The van der Waals surface area contributed by atoms with Crippen molar-refractivity contribution >= 4 is 5.97 Å². The van der Waals surface area contributed by atoms with Crippen LogP contribution in [0.25, 0.3) is 0 Å². The molecule has 5 aliphatic carbocycles. The highest BCUT2D eigenvalue weighted by atomic mass is 16.7. The van der Waals surface area contributed by atoms with Crippen molar-refractivity contribution in [3.63, 3.8) is 0 Å². The van der Waals surface area contributed by atoms with Gasteiger partial charge in [0.1, 0.15) is 24.4 Å². The highest BCUT2D eigenvalue weighted by Gasteiger charge is 2.70. The van der Waals surface area contributed by atoms with Crippen molar-refractivity contribution in [1.82, 2.24) is 0 Å². The number of ether oxygens (including phenoxy) is 4. The minimum absolute atomic E-state index is 0.00273. The summed E-state index contributed by atoms with van der Waals surface area (Å²) in [5.74, 6) is 2.13. The number of fused-ring (bicyclic) bond motifs is 8. The van der Waals surface area contributed by atoms with E-state index in [4.69, 9.17) is 18.9 Å². The predicted octanol–water partition coefficient (Wildman–Crippen LogP) is 7.15. The van der Waals surface area contributed by atoms with E-state index in [2.05, 4.69) is 54.5 Å². The van der Waals surface area contributed by atoms with E-state index < -0.39 is 41.7 Å². The Labute approximate surface area is 311 Å². The number of carbonyl (C=O) groups excluding carboxylic acids is 1. The number of methoxy groups -OCH3 is 1. The fraction of sp³-hybridized carbons (Fsp3) is 0.795. The van der Waals surface area contributed by atoms with Crippen LogP contribution < -0.4 is 0 Å². The summed E-state index contributed by atoms with van der Waals surface area (Å²) in [6.07, 6.45) is 5.78. The molecule has 7 aliphatic rings. The van der Waals surface area contributed by atoms with Gasteiger partial charge >= 0.3 is 5.97 Å². The molecule has 1 aromatic carbocycles. The summed E-state index contributed by atoms with van der Waals surface area (Å²) in [5.41, 5.74) is 0.0605. The number of aliphatic hydroxyl groups excluding tert-OH is 2. The molecule has 3 N–H and O–H groups in total. The van der Waals surface area contributed by atoms with Gasteiger partial charge in [-0.05, 0) is 115 Å². The summed E-state index contributed by atoms with van der Waals surface area (Å²) in [5, 5.41) is 34.7. The zero-order chi connectivity index (χ0) is 37.2. The molecule has 0 spiro atoms. The molecule has 288 valence electrons. The molecule has 0 aromatic heterocycles. The van der Waals surface area contributed by atoms with Crippen LogP contribution in [-0.4, -0.2) is 71.3 Å². The Morgan fingerprint density at radius 1 is 0.904 bits per heavy atom. The van der Waals surface area contributed by atoms with Crippen LogP contribution in [0, 0.1) is 56.7 Å². The summed E-state index contributed by atoms with van der Waals surface area (Å²) < 4.78 is 24.7. The van der Waals surface area contributed by atoms with Crippen molar-refractivity contribution in [1.29, 1.82) is 0 Å². The molecule has 0 amide bonds. The monoisotopic (exact) mass is 720 g/mol. The normalized spacial score (nSPS) is 52.2.